The van der Waals surface area contributed by atoms with Crippen LogP contribution in [0.1, 0.15) is 13.3 Å². The van der Waals surface area contributed by atoms with Gasteiger partial charge in [-0.25, -0.2) is 0 Å². The van der Waals surface area contributed by atoms with Gasteiger partial charge in [-0.15, -0.1) is 0 Å². The van der Waals surface area contributed by atoms with Crippen LogP contribution in [0.3, 0.4) is 0 Å². The molecule has 4 heteroatoms. The number of rotatable bonds is 5. The molecule has 0 aliphatic rings. The summed E-state index contributed by atoms with van der Waals surface area (Å²) in [6, 6.07) is 0. The van der Waals surface area contributed by atoms with Crippen LogP contribution in [0.25, 0.3) is 0 Å². The Bertz CT molecular complexity index is 120. The molecule has 0 aromatic heterocycles. The van der Waals surface area contributed by atoms with Gasteiger partial charge in [0.2, 0.25) is 0 Å². The van der Waals surface area contributed by atoms with E-state index in [1.165, 1.54) is 6.08 Å². The lowest BCUT2D eigenvalue weighted by Crippen LogP contribution is -1.99. The third kappa shape index (κ3) is 10.0. The lowest BCUT2D eigenvalue weighted by Gasteiger charge is -2.00. The fourth-order valence-corrected chi connectivity index (χ4v) is 0.664. The maximum atomic E-state index is 12.0. The largest absolute Gasteiger partial charge is 0.377 e. The summed E-state index contributed by atoms with van der Waals surface area (Å²) in [5.74, 6) is 0. The number of hydrogen-bond donors (Lipinski definition) is 0. The quantitative estimate of drug-likeness (QED) is 0.400. The van der Waals surface area contributed by atoms with Crippen molar-refractivity contribution in [2.45, 2.75) is 18.2 Å². The summed E-state index contributed by atoms with van der Waals surface area (Å²) in [6.07, 6.45) is 2.96. The van der Waals surface area contributed by atoms with Crippen molar-refractivity contribution in [3.05, 3.63) is 12.2 Å². The molecule has 0 aliphatic carbocycles. The number of ether oxygens (including phenoxy) is 1. The van der Waals surface area contributed by atoms with Crippen molar-refractivity contribution in [2.24, 2.45) is 0 Å². The van der Waals surface area contributed by atoms with E-state index in [-0.39, 0.29) is 6.61 Å². The number of halogens is 3. The molecule has 1 nitrogen and oxygen atoms in total. The van der Waals surface area contributed by atoms with Gasteiger partial charge in [-0.1, -0.05) is 13.0 Å². The lowest BCUT2D eigenvalue weighted by molar-refractivity contribution is 0.154. The molecule has 66 valence electrons. The molecular formula is C7H11BrF2O. The molecule has 0 rings (SSSR count). The minimum absolute atomic E-state index is 0.245. The molecule has 0 saturated heterocycles. The van der Waals surface area contributed by atoms with Gasteiger partial charge in [0.15, 0.2) is 0 Å². The van der Waals surface area contributed by atoms with Crippen LogP contribution in [0, 0.1) is 0 Å². The molecule has 0 amide bonds. The van der Waals surface area contributed by atoms with Crippen LogP contribution in [0.2, 0.25) is 0 Å². The van der Waals surface area contributed by atoms with Crippen LogP contribution in [-0.4, -0.2) is 18.0 Å². The fourth-order valence-electron chi connectivity index (χ4n) is 0.477. The standard InChI is InChI=1S/C7H11BrF2O/c1-2-5-11-6-3-4-7(8,9)10/h3-4H,2,5-6H2,1H3/b4-3+. The van der Waals surface area contributed by atoms with Gasteiger partial charge in [0.05, 0.1) is 6.61 Å². The zero-order valence-electron chi connectivity index (χ0n) is 6.32. The predicted molar refractivity (Wildman–Crippen MR) is 44.1 cm³/mol. The molecule has 0 atom stereocenters. The second kappa shape index (κ2) is 5.66. The van der Waals surface area contributed by atoms with Crippen LogP contribution in [-0.2, 0) is 4.74 Å². The molecule has 0 aliphatic heterocycles. The van der Waals surface area contributed by atoms with Gasteiger partial charge in [-0.3, -0.25) is 0 Å². The Labute approximate surface area is 73.6 Å². The van der Waals surface area contributed by atoms with Crippen LogP contribution in [0.4, 0.5) is 8.78 Å². The molecule has 0 saturated carbocycles. The fraction of sp³-hybridized carbons (Fsp3) is 0.714. The molecule has 0 aromatic rings. The summed E-state index contributed by atoms with van der Waals surface area (Å²) in [5, 5.41) is 0. The second-order valence-corrected chi connectivity index (χ2v) is 3.08. The second-order valence-electron chi connectivity index (χ2n) is 2.02. The SMILES string of the molecule is CCCOC/C=C/C(F)(F)Br. The van der Waals surface area contributed by atoms with Crippen molar-refractivity contribution in [1.82, 2.24) is 0 Å². The topological polar surface area (TPSA) is 9.23 Å². The summed E-state index contributed by atoms with van der Waals surface area (Å²) in [6.45, 7) is 2.82. The smallest absolute Gasteiger partial charge is 0.320 e. The van der Waals surface area contributed by atoms with Crippen molar-refractivity contribution in [1.29, 1.82) is 0 Å². The van der Waals surface area contributed by atoms with E-state index in [2.05, 4.69) is 15.9 Å². The summed E-state index contributed by atoms with van der Waals surface area (Å²) >= 11 is 2.17. The highest BCUT2D eigenvalue weighted by Gasteiger charge is 2.17. The van der Waals surface area contributed by atoms with Crippen molar-refractivity contribution in [3.8, 4) is 0 Å². The molecule has 0 fully saturated rings. The molecule has 0 aromatic carbocycles. The molecular weight excluding hydrogens is 218 g/mol. The van der Waals surface area contributed by atoms with Crippen LogP contribution in [0.5, 0.6) is 0 Å². The molecule has 0 unspecified atom stereocenters. The Morgan fingerprint density at radius 3 is 2.64 bits per heavy atom. The zero-order chi connectivity index (χ0) is 8.74. The maximum absolute atomic E-state index is 12.0. The van der Waals surface area contributed by atoms with Crippen molar-refractivity contribution in [3.63, 3.8) is 0 Å². The van der Waals surface area contributed by atoms with Gasteiger partial charge in [0.1, 0.15) is 0 Å². The first-order chi connectivity index (χ1) is 5.06. The summed E-state index contributed by atoms with van der Waals surface area (Å²) in [4.78, 5) is -2.90. The van der Waals surface area contributed by atoms with Crippen molar-refractivity contribution in [2.75, 3.05) is 13.2 Å². The first-order valence-electron chi connectivity index (χ1n) is 3.38. The van der Waals surface area contributed by atoms with Gasteiger partial charge < -0.3 is 4.74 Å². The average molecular weight is 229 g/mol. The Balaban J connectivity index is 3.30. The summed E-state index contributed by atoms with van der Waals surface area (Å²) in [7, 11) is 0. The summed E-state index contributed by atoms with van der Waals surface area (Å²) < 4.78 is 28.9. The van der Waals surface area contributed by atoms with Crippen molar-refractivity contribution < 1.29 is 13.5 Å². The Kier molecular flexibility index (Phi) is 5.68. The number of hydrogen-bond acceptors (Lipinski definition) is 1. The molecule has 0 heterocycles. The molecule has 0 spiro atoms. The number of alkyl halides is 3. The maximum Gasteiger partial charge on any atom is 0.320 e. The van der Waals surface area contributed by atoms with E-state index in [4.69, 9.17) is 4.74 Å². The van der Waals surface area contributed by atoms with Gasteiger partial charge in [-0.2, -0.15) is 8.78 Å². The monoisotopic (exact) mass is 228 g/mol. The van der Waals surface area contributed by atoms with Gasteiger partial charge >= 0.3 is 4.83 Å². The first kappa shape index (κ1) is 11.0. The number of allylic oxidation sites excluding steroid dienone is 1. The average Bonchev–Trinajstić information content (AvgIpc) is 1.85. The lowest BCUT2D eigenvalue weighted by atomic mass is 10.5. The predicted octanol–water partition coefficient (Wildman–Crippen LogP) is 2.96. The minimum atomic E-state index is -2.90. The van der Waals surface area contributed by atoms with E-state index in [9.17, 15) is 8.78 Å². The van der Waals surface area contributed by atoms with E-state index >= 15 is 0 Å². The minimum Gasteiger partial charge on any atom is -0.377 e. The van der Waals surface area contributed by atoms with Crippen LogP contribution in [0.15, 0.2) is 12.2 Å². The highest BCUT2D eigenvalue weighted by molar-refractivity contribution is 9.10. The van der Waals surface area contributed by atoms with Gasteiger partial charge in [0.25, 0.3) is 0 Å². The third-order valence-electron chi connectivity index (χ3n) is 0.869. The first-order valence-corrected chi connectivity index (χ1v) is 4.17. The van der Waals surface area contributed by atoms with Gasteiger partial charge in [-0.05, 0) is 28.4 Å². The zero-order valence-corrected chi connectivity index (χ0v) is 7.90. The highest BCUT2D eigenvalue weighted by atomic mass is 79.9. The molecule has 0 radical (unpaired) electrons. The Hall–Kier alpha value is 0.0400. The normalized spacial score (nSPS) is 12.7. The van der Waals surface area contributed by atoms with E-state index in [0.29, 0.717) is 6.61 Å². The molecule has 0 N–H and O–H groups in total. The van der Waals surface area contributed by atoms with E-state index < -0.39 is 4.83 Å². The van der Waals surface area contributed by atoms with Gasteiger partial charge in [0, 0.05) is 6.61 Å². The third-order valence-corrected chi connectivity index (χ3v) is 1.13. The highest BCUT2D eigenvalue weighted by Crippen LogP contribution is 2.22. The Morgan fingerprint density at radius 2 is 2.18 bits per heavy atom. The van der Waals surface area contributed by atoms with Crippen LogP contribution >= 0.6 is 15.9 Å². The van der Waals surface area contributed by atoms with Crippen LogP contribution < -0.4 is 0 Å². The van der Waals surface area contributed by atoms with Crippen molar-refractivity contribution >= 4 is 15.9 Å². The van der Waals surface area contributed by atoms with E-state index in [0.717, 1.165) is 12.5 Å². The Morgan fingerprint density at radius 1 is 1.55 bits per heavy atom. The van der Waals surface area contributed by atoms with E-state index in [1.54, 1.807) is 0 Å². The van der Waals surface area contributed by atoms with E-state index in [1.807, 2.05) is 6.92 Å². The summed E-state index contributed by atoms with van der Waals surface area (Å²) in [5.41, 5.74) is 0. The molecule has 0 bridgehead atoms. The molecule has 11 heavy (non-hydrogen) atoms.